The van der Waals surface area contributed by atoms with Crippen molar-refractivity contribution in [3.05, 3.63) is 47.5 Å². The number of hydrogen-bond acceptors (Lipinski definition) is 0. The second-order valence-corrected chi connectivity index (χ2v) is 5.17. The molecule has 0 aromatic heterocycles. The average molecular weight is 240 g/mol. The highest BCUT2D eigenvalue weighted by atomic mass is 14.0. The van der Waals surface area contributed by atoms with E-state index >= 15 is 0 Å². The summed E-state index contributed by atoms with van der Waals surface area (Å²) in [5, 5.41) is 0. The molecule has 0 aliphatic rings. The van der Waals surface area contributed by atoms with Crippen molar-refractivity contribution in [1.82, 2.24) is 0 Å². The monoisotopic (exact) mass is 240 g/mol. The third kappa shape index (κ3) is 6.97. The molecule has 96 valence electrons. The highest BCUT2D eigenvalue weighted by molar-refractivity contribution is 5.33. The molecule has 0 fully saturated rings. The van der Waals surface area contributed by atoms with E-state index in [4.69, 9.17) is 0 Å². The number of benzene rings is 1. The van der Waals surface area contributed by atoms with Crippen LogP contribution in [0.5, 0.6) is 0 Å². The summed E-state index contributed by atoms with van der Waals surface area (Å²) in [5.41, 5.74) is 2.54. The summed E-state index contributed by atoms with van der Waals surface area (Å²) in [6.45, 7) is 6.65. The highest BCUT2D eigenvalue weighted by Crippen LogP contribution is 2.13. The minimum absolute atomic E-state index is 0.769. The molecule has 0 heteroatoms. The summed E-state index contributed by atoms with van der Waals surface area (Å²) in [7, 11) is 0. The van der Waals surface area contributed by atoms with Crippen LogP contribution < -0.4 is 0 Å². The molecule has 0 unspecified atom stereocenters. The van der Waals surface area contributed by atoms with Crippen molar-refractivity contribution in [2.45, 2.75) is 46.5 Å². The third-order valence-electron chi connectivity index (χ3n) is 2.98. The van der Waals surface area contributed by atoms with E-state index in [9.17, 15) is 0 Å². The Labute approximate surface area is 112 Å². The van der Waals surface area contributed by atoms with Gasteiger partial charge in [0.15, 0.2) is 0 Å². The van der Waals surface area contributed by atoms with Gasteiger partial charge in [-0.15, -0.1) is 0 Å². The van der Waals surface area contributed by atoms with Crippen molar-refractivity contribution in [1.29, 1.82) is 0 Å². The van der Waals surface area contributed by atoms with Gasteiger partial charge in [-0.05, 0) is 51.2 Å². The van der Waals surface area contributed by atoms with Crippen LogP contribution >= 0.6 is 0 Å². The van der Waals surface area contributed by atoms with Gasteiger partial charge in [-0.1, -0.05) is 48.6 Å². The molecule has 0 saturated heterocycles. The van der Waals surface area contributed by atoms with Gasteiger partial charge in [0.1, 0.15) is 0 Å². The van der Waals surface area contributed by atoms with E-state index in [2.05, 4.69) is 50.8 Å². The summed E-state index contributed by atoms with van der Waals surface area (Å²) in [6.07, 6.45) is 7.02. The first-order valence-electron chi connectivity index (χ1n) is 6.86. The van der Waals surface area contributed by atoms with Crippen LogP contribution in [0.15, 0.2) is 42.0 Å². The fraction of sp³-hybridized carbons (Fsp3) is 0.444. The van der Waals surface area contributed by atoms with Gasteiger partial charge in [0.2, 0.25) is 0 Å². The van der Waals surface area contributed by atoms with Gasteiger partial charge in [0, 0.05) is 12.0 Å². The van der Waals surface area contributed by atoms with Crippen LogP contribution in [0.1, 0.15) is 52.0 Å². The van der Waals surface area contributed by atoms with E-state index in [1.165, 1.54) is 24.8 Å². The Morgan fingerprint density at radius 1 is 1.17 bits per heavy atom. The van der Waals surface area contributed by atoms with Crippen LogP contribution in [0.4, 0.5) is 0 Å². The van der Waals surface area contributed by atoms with Crippen LogP contribution in [0, 0.1) is 17.8 Å². The van der Waals surface area contributed by atoms with Crippen LogP contribution in [0.3, 0.4) is 0 Å². The molecular weight excluding hydrogens is 216 g/mol. The first-order chi connectivity index (χ1) is 8.68. The maximum Gasteiger partial charge on any atom is 0.0245 e. The van der Waals surface area contributed by atoms with Crippen LogP contribution in [-0.2, 0) is 0 Å². The Kier molecular flexibility index (Phi) is 6.96. The van der Waals surface area contributed by atoms with Crippen molar-refractivity contribution in [2.75, 3.05) is 0 Å². The molecule has 0 N–H and O–H groups in total. The Bertz CT molecular complexity index is 410. The van der Waals surface area contributed by atoms with Crippen LogP contribution in [0.25, 0.3) is 0 Å². The van der Waals surface area contributed by atoms with Crippen molar-refractivity contribution in [2.24, 2.45) is 5.92 Å². The second-order valence-electron chi connectivity index (χ2n) is 5.17. The quantitative estimate of drug-likeness (QED) is 0.490. The van der Waals surface area contributed by atoms with Crippen molar-refractivity contribution < 1.29 is 0 Å². The predicted octanol–water partition coefficient (Wildman–Crippen LogP) is 5.20. The summed E-state index contributed by atoms with van der Waals surface area (Å²) >= 11 is 0. The molecular formula is C18H24. The van der Waals surface area contributed by atoms with Gasteiger partial charge < -0.3 is 0 Å². The lowest BCUT2D eigenvalue weighted by molar-refractivity contribution is 0.504. The Hall–Kier alpha value is -1.48. The van der Waals surface area contributed by atoms with Gasteiger partial charge in [0.25, 0.3) is 0 Å². The normalized spacial score (nSPS) is 11.3. The molecule has 0 aliphatic heterocycles. The molecule has 1 aromatic rings. The lowest BCUT2D eigenvalue weighted by Crippen LogP contribution is -1.93. The lowest BCUT2D eigenvalue weighted by atomic mass is 9.99. The summed E-state index contributed by atoms with van der Waals surface area (Å²) < 4.78 is 0. The third-order valence-corrected chi connectivity index (χ3v) is 2.98. The summed E-state index contributed by atoms with van der Waals surface area (Å²) in [6, 6.07) is 10.2. The Morgan fingerprint density at radius 2 is 1.89 bits per heavy atom. The van der Waals surface area contributed by atoms with E-state index in [-0.39, 0.29) is 0 Å². The molecule has 0 radical (unpaired) electrons. The number of allylic oxidation sites excluding steroid dienone is 2. The molecule has 0 heterocycles. The summed E-state index contributed by atoms with van der Waals surface area (Å²) in [4.78, 5) is 0. The minimum atomic E-state index is 0.769. The first-order valence-corrected chi connectivity index (χ1v) is 6.86. The number of rotatable bonds is 5. The van der Waals surface area contributed by atoms with Crippen molar-refractivity contribution >= 4 is 0 Å². The average Bonchev–Trinajstić information content (AvgIpc) is 2.35. The van der Waals surface area contributed by atoms with E-state index in [0.29, 0.717) is 0 Å². The maximum absolute atomic E-state index is 3.27. The SMILES string of the molecule is CC(C)=CCC[C@H](C)CCC#Cc1ccccc1. The molecule has 1 atom stereocenters. The standard InChI is InChI=1S/C18H24/c1-16(2)10-9-12-17(3)11-7-8-15-18-13-5-4-6-14-18/h4-6,10,13-14,17H,7,9,11-12H2,1-3H3/t17-/m1/s1. The van der Waals surface area contributed by atoms with Crippen LogP contribution in [0.2, 0.25) is 0 Å². The first kappa shape index (κ1) is 14.6. The molecule has 1 rings (SSSR count). The Morgan fingerprint density at radius 3 is 2.56 bits per heavy atom. The molecule has 0 saturated carbocycles. The molecule has 0 amide bonds. The highest BCUT2D eigenvalue weighted by Gasteiger charge is 1.99. The van der Waals surface area contributed by atoms with Crippen molar-refractivity contribution in [3.63, 3.8) is 0 Å². The van der Waals surface area contributed by atoms with E-state index in [1.807, 2.05) is 18.2 Å². The fourth-order valence-corrected chi connectivity index (χ4v) is 1.81. The number of hydrogen-bond donors (Lipinski definition) is 0. The van der Waals surface area contributed by atoms with Crippen LogP contribution in [-0.4, -0.2) is 0 Å². The second kappa shape index (κ2) is 8.59. The van der Waals surface area contributed by atoms with Gasteiger partial charge in [0.05, 0.1) is 0 Å². The van der Waals surface area contributed by atoms with Gasteiger partial charge in [-0.2, -0.15) is 0 Å². The smallest absolute Gasteiger partial charge is 0.0245 e. The van der Waals surface area contributed by atoms with E-state index in [1.54, 1.807) is 0 Å². The molecule has 18 heavy (non-hydrogen) atoms. The minimum Gasteiger partial charge on any atom is -0.0979 e. The van der Waals surface area contributed by atoms with Gasteiger partial charge in [-0.25, -0.2) is 0 Å². The molecule has 0 nitrogen and oxygen atoms in total. The van der Waals surface area contributed by atoms with Gasteiger partial charge in [-0.3, -0.25) is 0 Å². The topological polar surface area (TPSA) is 0 Å². The maximum atomic E-state index is 3.27. The fourth-order valence-electron chi connectivity index (χ4n) is 1.81. The lowest BCUT2D eigenvalue weighted by Gasteiger charge is -2.06. The molecule has 0 bridgehead atoms. The van der Waals surface area contributed by atoms with E-state index in [0.717, 1.165) is 17.9 Å². The summed E-state index contributed by atoms with van der Waals surface area (Å²) in [5.74, 6) is 7.25. The Balaban J connectivity index is 2.22. The molecule has 0 aliphatic carbocycles. The molecule has 1 aromatic carbocycles. The molecule has 0 spiro atoms. The largest absolute Gasteiger partial charge is 0.0979 e. The zero-order chi connectivity index (χ0) is 13.2. The predicted molar refractivity (Wildman–Crippen MR) is 80.4 cm³/mol. The zero-order valence-corrected chi connectivity index (χ0v) is 11.9. The zero-order valence-electron chi connectivity index (χ0n) is 11.9. The van der Waals surface area contributed by atoms with Crippen molar-refractivity contribution in [3.8, 4) is 11.8 Å². The van der Waals surface area contributed by atoms with Gasteiger partial charge >= 0.3 is 0 Å². The van der Waals surface area contributed by atoms with E-state index < -0.39 is 0 Å².